The van der Waals surface area contributed by atoms with Crippen molar-refractivity contribution < 1.29 is 19.1 Å². The third kappa shape index (κ3) is 7.43. The van der Waals surface area contributed by atoms with Gasteiger partial charge in [-0.05, 0) is 77.5 Å². The number of alkyl carbamates (subject to hydrolysis) is 1. The zero-order valence-corrected chi connectivity index (χ0v) is 21.6. The summed E-state index contributed by atoms with van der Waals surface area (Å²) in [5.41, 5.74) is 0.153. The van der Waals surface area contributed by atoms with E-state index < -0.39 is 29.4 Å². The van der Waals surface area contributed by atoms with Gasteiger partial charge in [-0.25, -0.2) is 14.6 Å². The van der Waals surface area contributed by atoms with E-state index in [-0.39, 0.29) is 17.4 Å². The van der Waals surface area contributed by atoms with Gasteiger partial charge in [0.05, 0.1) is 6.04 Å². The van der Waals surface area contributed by atoms with E-state index in [2.05, 4.69) is 20.3 Å². The van der Waals surface area contributed by atoms with Crippen LogP contribution in [-0.4, -0.2) is 71.1 Å². The predicted molar refractivity (Wildman–Crippen MR) is 141 cm³/mol. The molecule has 2 aromatic rings. The normalized spacial score (nSPS) is 17.3. The summed E-state index contributed by atoms with van der Waals surface area (Å²) in [5, 5.41) is 12.0. The van der Waals surface area contributed by atoms with Crippen molar-refractivity contribution in [3.8, 4) is 0 Å². The van der Waals surface area contributed by atoms with Crippen molar-refractivity contribution in [3.05, 3.63) is 36.0 Å². The molecule has 36 heavy (non-hydrogen) atoms. The third-order valence-electron chi connectivity index (χ3n) is 5.14. The number of hydrogen-bond donors (Lipinski definition) is 3. The molecule has 0 spiro atoms. The van der Waals surface area contributed by atoms with Crippen molar-refractivity contribution in [1.82, 2.24) is 15.2 Å². The van der Waals surface area contributed by atoms with Crippen LogP contribution in [-0.2, 0) is 9.47 Å². The number of aromatic amines is 1. The monoisotopic (exact) mass is 492 g/mol. The number of fused-ring (bicyclic) bond motifs is 1. The first kappa shape index (κ1) is 27.0. The lowest BCUT2D eigenvalue weighted by Crippen LogP contribution is -2.50. The summed E-state index contributed by atoms with van der Waals surface area (Å²) >= 11 is 0. The molecule has 0 saturated carbocycles. The number of carbonyl (C=O) groups is 2. The summed E-state index contributed by atoms with van der Waals surface area (Å²) in [4.78, 5) is 38.2. The average molecular weight is 492 g/mol. The predicted octanol–water partition coefficient (Wildman–Crippen LogP) is 4.34. The second-order valence-electron chi connectivity index (χ2n) is 10.6. The highest BCUT2D eigenvalue weighted by Crippen LogP contribution is 2.21. The quantitative estimate of drug-likeness (QED) is 0.326. The van der Waals surface area contributed by atoms with Gasteiger partial charge in [-0.3, -0.25) is 10.7 Å². The lowest BCUT2D eigenvalue weighted by molar-refractivity contribution is 0.0555. The minimum atomic E-state index is -0.860. The first-order chi connectivity index (χ1) is 16.7. The summed E-state index contributed by atoms with van der Waals surface area (Å²) in [6.07, 6.45) is 1.52. The van der Waals surface area contributed by atoms with E-state index in [4.69, 9.17) is 22.7 Å². The van der Waals surface area contributed by atoms with Crippen LogP contribution in [0.25, 0.3) is 10.9 Å². The molecule has 1 aliphatic heterocycles. The summed E-state index contributed by atoms with van der Waals surface area (Å²) in [7, 11) is 6.35. The fraction of sp³-hybridized carbons (Fsp3) is 0.480. The van der Waals surface area contributed by atoms with Crippen molar-refractivity contribution in [3.63, 3.8) is 0 Å². The highest BCUT2D eigenvalue weighted by Gasteiger charge is 2.32. The van der Waals surface area contributed by atoms with Gasteiger partial charge in [-0.2, -0.15) is 0 Å². The zero-order valence-electron chi connectivity index (χ0n) is 21.6. The number of amides is 2. The fourth-order valence-electron chi connectivity index (χ4n) is 3.72. The van der Waals surface area contributed by atoms with Crippen LogP contribution in [0.3, 0.4) is 0 Å². The number of aromatic nitrogens is 1. The summed E-state index contributed by atoms with van der Waals surface area (Å²) < 4.78 is 10.7. The Morgan fingerprint density at radius 2 is 1.81 bits per heavy atom. The molecule has 3 rings (SSSR count). The Hall–Kier alpha value is -3.63. The molecule has 2 radical (unpaired) electrons. The zero-order chi connectivity index (χ0) is 26.7. The number of likely N-dealkylation sites (tertiary alicyclic amines) is 1. The number of hydrogen-bond acceptors (Lipinski definition) is 5. The van der Waals surface area contributed by atoms with Gasteiger partial charge in [-0.15, -0.1) is 4.99 Å². The SMILES string of the molecule is [B]C(=NC(=N)c1ccc2cc[nH]c2c1)[C@@H]1CCCN1C(=NC(=O)OC(C)(C)C)NC(=O)OC(C)(C)C. The summed E-state index contributed by atoms with van der Waals surface area (Å²) in [5.74, 6) is -0.0416. The van der Waals surface area contributed by atoms with E-state index >= 15 is 0 Å². The highest BCUT2D eigenvalue weighted by atomic mass is 16.6. The van der Waals surface area contributed by atoms with Crippen molar-refractivity contribution in [1.29, 1.82) is 5.41 Å². The second-order valence-corrected chi connectivity index (χ2v) is 10.6. The highest BCUT2D eigenvalue weighted by molar-refractivity contribution is 6.62. The van der Waals surface area contributed by atoms with E-state index in [1.807, 2.05) is 24.4 Å². The number of benzene rings is 1. The van der Waals surface area contributed by atoms with Crippen LogP contribution in [0.4, 0.5) is 9.59 Å². The maximum Gasteiger partial charge on any atom is 0.437 e. The summed E-state index contributed by atoms with van der Waals surface area (Å²) in [6.45, 7) is 10.8. The molecule has 1 saturated heterocycles. The molecule has 11 heteroatoms. The van der Waals surface area contributed by atoms with E-state index in [0.29, 0.717) is 24.9 Å². The Labute approximate surface area is 212 Å². The average Bonchev–Trinajstić information content (AvgIpc) is 3.39. The van der Waals surface area contributed by atoms with Crippen LogP contribution in [0.15, 0.2) is 40.4 Å². The third-order valence-corrected chi connectivity index (χ3v) is 5.14. The van der Waals surface area contributed by atoms with Crippen LogP contribution in [0, 0.1) is 5.41 Å². The molecular formula is C25H33BN6O4. The van der Waals surface area contributed by atoms with Crippen LogP contribution < -0.4 is 5.32 Å². The topological polar surface area (TPSA) is 132 Å². The number of ether oxygens (including phenoxy) is 2. The molecule has 2 heterocycles. The van der Waals surface area contributed by atoms with E-state index in [9.17, 15) is 9.59 Å². The van der Waals surface area contributed by atoms with Gasteiger partial charge in [0.15, 0.2) is 5.84 Å². The van der Waals surface area contributed by atoms with Gasteiger partial charge in [0.2, 0.25) is 5.96 Å². The number of amidine groups is 1. The molecular weight excluding hydrogens is 459 g/mol. The van der Waals surface area contributed by atoms with E-state index in [0.717, 1.165) is 10.9 Å². The largest absolute Gasteiger partial charge is 0.444 e. The molecule has 10 nitrogen and oxygen atoms in total. The lowest BCUT2D eigenvalue weighted by Gasteiger charge is -2.29. The molecule has 3 N–H and O–H groups in total. The molecule has 1 aliphatic rings. The van der Waals surface area contributed by atoms with Gasteiger partial charge < -0.3 is 19.4 Å². The number of H-pyrrole nitrogens is 1. The van der Waals surface area contributed by atoms with Gasteiger partial charge in [0.1, 0.15) is 19.0 Å². The van der Waals surface area contributed by atoms with Crippen molar-refractivity contribution in [2.45, 2.75) is 71.6 Å². The van der Waals surface area contributed by atoms with Crippen LogP contribution in [0.1, 0.15) is 59.9 Å². The number of rotatable bonds is 2. The number of nitrogens with one attached hydrogen (secondary N) is 3. The molecule has 0 bridgehead atoms. The Morgan fingerprint density at radius 3 is 2.47 bits per heavy atom. The maximum absolute atomic E-state index is 12.5. The van der Waals surface area contributed by atoms with E-state index in [1.54, 1.807) is 52.5 Å². The van der Waals surface area contributed by atoms with Crippen molar-refractivity contribution in [2.75, 3.05) is 6.54 Å². The molecule has 2 amide bonds. The van der Waals surface area contributed by atoms with E-state index in [1.165, 1.54) is 0 Å². The van der Waals surface area contributed by atoms with Crippen LogP contribution >= 0.6 is 0 Å². The smallest absolute Gasteiger partial charge is 0.437 e. The number of nitrogens with zero attached hydrogens (tertiary/aromatic N) is 3. The maximum atomic E-state index is 12.5. The Morgan fingerprint density at radius 1 is 1.11 bits per heavy atom. The first-order valence-electron chi connectivity index (χ1n) is 11.8. The summed E-state index contributed by atoms with van der Waals surface area (Å²) in [6, 6.07) is 7.00. The van der Waals surface area contributed by atoms with Gasteiger partial charge in [0, 0.05) is 23.8 Å². The fourth-order valence-corrected chi connectivity index (χ4v) is 3.72. The van der Waals surface area contributed by atoms with Crippen LogP contribution in [0.2, 0.25) is 0 Å². The molecule has 0 aliphatic carbocycles. The Balaban J connectivity index is 1.86. The van der Waals surface area contributed by atoms with Gasteiger partial charge >= 0.3 is 12.2 Å². The number of aliphatic imine (C=N–C) groups is 2. The van der Waals surface area contributed by atoms with Gasteiger partial charge in [0.25, 0.3) is 0 Å². The lowest BCUT2D eigenvalue weighted by atomic mass is 9.91. The molecule has 1 fully saturated rings. The molecule has 1 atom stereocenters. The molecule has 1 aromatic carbocycles. The first-order valence-corrected chi connectivity index (χ1v) is 11.8. The minimum absolute atomic E-state index is 0.00147. The van der Waals surface area contributed by atoms with Crippen molar-refractivity contribution in [2.24, 2.45) is 9.98 Å². The number of guanidine groups is 1. The molecule has 0 unspecified atom stereocenters. The Kier molecular flexibility index (Phi) is 7.91. The van der Waals surface area contributed by atoms with Gasteiger partial charge in [-0.1, -0.05) is 12.1 Å². The minimum Gasteiger partial charge on any atom is -0.444 e. The molecule has 1 aromatic heterocycles. The van der Waals surface area contributed by atoms with Crippen LogP contribution in [0.5, 0.6) is 0 Å². The Bertz CT molecular complexity index is 1210. The standard InChI is InChI=1S/C25H33BN6O4/c1-24(2,3)35-22(33)30-21(31-23(34)36-25(4,5)6)32-13-7-8-18(32)19(26)29-20(27)16-10-9-15-11-12-28-17(15)14-16/h9-12,14,18,27-28H,7-8,13H2,1-6H3,(H,30,31,33,34)/t18-/m0/s1. The second kappa shape index (κ2) is 10.6. The van der Waals surface area contributed by atoms with Crippen molar-refractivity contribution >= 4 is 48.3 Å². The molecule has 190 valence electrons. The number of carbonyl (C=O) groups excluding carboxylic acids is 2.